The van der Waals surface area contributed by atoms with Crippen molar-refractivity contribution >= 4 is 11.8 Å². The minimum absolute atomic E-state index is 0.0812. The molecule has 0 bridgehead atoms. The van der Waals surface area contributed by atoms with Crippen molar-refractivity contribution in [2.75, 3.05) is 13.1 Å². The van der Waals surface area contributed by atoms with Crippen LogP contribution in [0.4, 0.5) is 0 Å². The van der Waals surface area contributed by atoms with Gasteiger partial charge in [-0.3, -0.25) is 9.59 Å². The van der Waals surface area contributed by atoms with E-state index < -0.39 is 0 Å². The van der Waals surface area contributed by atoms with Gasteiger partial charge in [-0.15, -0.1) is 10.2 Å². The van der Waals surface area contributed by atoms with Gasteiger partial charge in [0.2, 0.25) is 11.8 Å². The molecule has 7 heteroatoms. The Morgan fingerprint density at radius 1 is 0.833 bits per heavy atom. The molecule has 1 aliphatic heterocycles. The lowest BCUT2D eigenvalue weighted by Gasteiger charge is -2.26. The number of hydrogen-bond donors (Lipinski definition) is 1. The quantitative estimate of drug-likeness (QED) is 0.406. The lowest BCUT2D eigenvalue weighted by Crippen LogP contribution is -2.35. The summed E-state index contributed by atoms with van der Waals surface area (Å²) in [5.74, 6) is 0.770. The zero-order valence-electron chi connectivity index (χ0n) is 20.2. The second-order valence-electron chi connectivity index (χ2n) is 9.04. The number of carbonyl (C=O) groups is 2. The van der Waals surface area contributed by atoms with E-state index in [-0.39, 0.29) is 11.8 Å². The van der Waals surface area contributed by atoms with E-state index in [9.17, 15) is 9.59 Å². The Kier molecular flexibility index (Phi) is 6.89. The van der Waals surface area contributed by atoms with Crippen molar-refractivity contribution in [2.45, 2.75) is 32.7 Å². The average Bonchev–Trinajstić information content (AvgIpc) is 3.42. The maximum Gasteiger partial charge on any atom is 0.253 e. The Labute approximate surface area is 210 Å². The third-order valence-electron chi connectivity index (χ3n) is 6.49. The maximum atomic E-state index is 12.7. The van der Waals surface area contributed by atoms with Gasteiger partial charge in [0.1, 0.15) is 0 Å². The van der Waals surface area contributed by atoms with Crippen LogP contribution in [0.1, 0.15) is 51.1 Å². The summed E-state index contributed by atoms with van der Waals surface area (Å²) in [6.07, 6.45) is 3.33. The molecule has 1 fully saturated rings. The van der Waals surface area contributed by atoms with E-state index in [4.69, 9.17) is 4.42 Å². The van der Waals surface area contributed by atoms with Crippen molar-refractivity contribution in [1.82, 2.24) is 20.4 Å². The van der Waals surface area contributed by atoms with Gasteiger partial charge >= 0.3 is 0 Å². The van der Waals surface area contributed by atoms with Crippen LogP contribution in [0, 0.1) is 6.92 Å². The standard InChI is InChI=1S/C29H28N4O3/c1-20-7-3-4-8-25(20)28-32-31-27(36-28)23-15-13-22(14-16-23)26(34)30-19-21-9-11-24(12-10-21)29(35)33-17-5-2-6-18-33/h3-4,7-16H,2,5-6,17-19H2,1H3,(H,30,34). The Morgan fingerprint density at radius 3 is 2.22 bits per heavy atom. The van der Waals surface area contributed by atoms with Crippen LogP contribution in [0.3, 0.4) is 0 Å². The van der Waals surface area contributed by atoms with E-state index in [0.717, 1.165) is 48.2 Å². The van der Waals surface area contributed by atoms with Crippen molar-refractivity contribution in [2.24, 2.45) is 0 Å². The first kappa shape index (κ1) is 23.5. The molecule has 1 saturated heterocycles. The van der Waals surface area contributed by atoms with E-state index >= 15 is 0 Å². The first-order valence-corrected chi connectivity index (χ1v) is 12.2. The zero-order valence-corrected chi connectivity index (χ0v) is 20.2. The molecule has 1 aromatic heterocycles. The summed E-state index contributed by atoms with van der Waals surface area (Å²) < 4.78 is 5.86. The molecule has 36 heavy (non-hydrogen) atoms. The highest BCUT2D eigenvalue weighted by atomic mass is 16.4. The van der Waals surface area contributed by atoms with Gasteiger partial charge in [-0.05, 0) is 79.8 Å². The molecule has 0 aliphatic carbocycles. The van der Waals surface area contributed by atoms with Crippen molar-refractivity contribution in [3.63, 3.8) is 0 Å². The molecule has 1 aliphatic rings. The van der Waals surface area contributed by atoms with Gasteiger partial charge in [-0.25, -0.2) is 0 Å². The molecule has 1 N–H and O–H groups in total. The van der Waals surface area contributed by atoms with Crippen molar-refractivity contribution < 1.29 is 14.0 Å². The third-order valence-corrected chi connectivity index (χ3v) is 6.49. The number of rotatable bonds is 6. The van der Waals surface area contributed by atoms with Gasteiger partial charge < -0.3 is 14.6 Å². The van der Waals surface area contributed by atoms with E-state index in [0.29, 0.717) is 29.5 Å². The van der Waals surface area contributed by atoms with Crippen LogP contribution in [0.2, 0.25) is 0 Å². The smallest absolute Gasteiger partial charge is 0.253 e. The molecule has 5 rings (SSSR count). The molecule has 0 atom stereocenters. The van der Waals surface area contributed by atoms with Gasteiger partial charge in [0.15, 0.2) is 0 Å². The number of benzene rings is 3. The molecular formula is C29H28N4O3. The van der Waals surface area contributed by atoms with Crippen LogP contribution >= 0.6 is 0 Å². The molecule has 2 amide bonds. The number of piperidine rings is 1. The molecule has 3 aromatic carbocycles. The molecule has 0 unspecified atom stereocenters. The maximum absolute atomic E-state index is 12.7. The van der Waals surface area contributed by atoms with Crippen LogP contribution in [0.15, 0.2) is 77.2 Å². The van der Waals surface area contributed by atoms with Gasteiger partial charge in [-0.1, -0.05) is 30.3 Å². The normalized spacial score (nSPS) is 13.4. The topological polar surface area (TPSA) is 88.3 Å². The van der Waals surface area contributed by atoms with E-state index in [1.165, 1.54) is 6.42 Å². The van der Waals surface area contributed by atoms with Crippen LogP contribution in [-0.4, -0.2) is 40.0 Å². The molecule has 0 saturated carbocycles. The lowest BCUT2D eigenvalue weighted by molar-refractivity contribution is 0.0724. The third kappa shape index (κ3) is 5.20. The molecule has 0 radical (unpaired) electrons. The van der Waals surface area contributed by atoms with Gasteiger partial charge in [0, 0.05) is 41.9 Å². The molecule has 4 aromatic rings. The Balaban J connectivity index is 1.18. The van der Waals surface area contributed by atoms with Crippen molar-refractivity contribution in [3.8, 4) is 22.9 Å². The molecule has 0 spiro atoms. The molecular weight excluding hydrogens is 452 g/mol. The lowest BCUT2D eigenvalue weighted by atomic mass is 10.1. The number of carbonyl (C=O) groups excluding carboxylic acids is 2. The summed E-state index contributed by atoms with van der Waals surface area (Å²) in [5.41, 5.74) is 4.86. The highest BCUT2D eigenvalue weighted by Gasteiger charge is 2.18. The van der Waals surface area contributed by atoms with Gasteiger partial charge in [0.05, 0.1) is 0 Å². The highest BCUT2D eigenvalue weighted by molar-refractivity contribution is 5.95. The predicted octanol–water partition coefficient (Wildman–Crippen LogP) is 5.27. The molecule has 182 valence electrons. The van der Waals surface area contributed by atoms with Crippen LogP contribution in [0.25, 0.3) is 22.9 Å². The Bertz CT molecular complexity index is 1350. The number of nitrogens with one attached hydrogen (secondary N) is 1. The average molecular weight is 481 g/mol. The SMILES string of the molecule is Cc1ccccc1-c1nnc(-c2ccc(C(=O)NCc3ccc(C(=O)N4CCCCC4)cc3)cc2)o1. The minimum atomic E-state index is -0.179. The van der Waals surface area contributed by atoms with Gasteiger partial charge in [-0.2, -0.15) is 0 Å². The summed E-state index contributed by atoms with van der Waals surface area (Å²) in [4.78, 5) is 27.2. The van der Waals surface area contributed by atoms with Crippen molar-refractivity contribution in [3.05, 3.63) is 95.1 Å². The summed E-state index contributed by atoms with van der Waals surface area (Å²) >= 11 is 0. The fourth-order valence-corrected chi connectivity index (χ4v) is 4.35. The fourth-order valence-electron chi connectivity index (χ4n) is 4.35. The van der Waals surface area contributed by atoms with E-state index in [1.54, 1.807) is 24.3 Å². The number of amides is 2. The predicted molar refractivity (Wildman–Crippen MR) is 137 cm³/mol. The Morgan fingerprint density at radius 2 is 1.50 bits per heavy atom. The fraction of sp³-hybridized carbons (Fsp3) is 0.241. The van der Waals surface area contributed by atoms with E-state index in [1.807, 2.05) is 60.4 Å². The number of likely N-dealkylation sites (tertiary alicyclic amines) is 1. The van der Waals surface area contributed by atoms with Crippen LogP contribution in [-0.2, 0) is 6.54 Å². The minimum Gasteiger partial charge on any atom is -0.416 e. The molecule has 7 nitrogen and oxygen atoms in total. The van der Waals surface area contributed by atoms with Gasteiger partial charge in [0.25, 0.3) is 11.8 Å². The number of hydrogen-bond acceptors (Lipinski definition) is 5. The van der Waals surface area contributed by atoms with E-state index in [2.05, 4.69) is 15.5 Å². The first-order chi connectivity index (χ1) is 17.6. The monoisotopic (exact) mass is 480 g/mol. The number of nitrogens with zero attached hydrogens (tertiary/aromatic N) is 3. The zero-order chi connectivity index (χ0) is 24.9. The second-order valence-corrected chi connectivity index (χ2v) is 9.04. The summed E-state index contributed by atoms with van der Waals surface area (Å²) in [7, 11) is 0. The molecule has 2 heterocycles. The number of aryl methyl sites for hydroxylation is 1. The first-order valence-electron chi connectivity index (χ1n) is 12.2. The highest BCUT2D eigenvalue weighted by Crippen LogP contribution is 2.26. The summed E-state index contributed by atoms with van der Waals surface area (Å²) in [6, 6.07) is 22.4. The summed E-state index contributed by atoms with van der Waals surface area (Å²) in [6.45, 7) is 4.03. The van der Waals surface area contributed by atoms with Crippen LogP contribution < -0.4 is 5.32 Å². The van der Waals surface area contributed by atoms with Crippen molar-refractivity contribution in [1.29, 1.82) is 0 Å². The second kappa shape index (κ2) is 10.6. The largest absolute Gasteiger partial charge is 0.416 e. The van der Waals surface area contributed by atoms with Crippen LogP contribution in [0.5, 0.6) is 0 Å². The summed E-state index contributed by atoms with van der Waals surface area (Å²) in [5, 5.41) is 11.3. The Hall–Kier alpha value is -4.26. The number of aromatic nitrogens is 2.